The predicted octanol–water partition coefficient (Wildman–Crippen LogP) is 0.167. The van der Waals surface area contributed by atoms with E-state index in [1.165, 1.54) is 0 Å². The molecule has 0 unspecified atom stereocenters. The normalized spacial score (nSPS) is 24.1. The van der Waals surface area contributed by atoms with Crippen LogP contribution in [0.5, 0.6) is 11.5 Å². The number of ether oxygens (including phenoxy) is 2. The maximum Gasteiger partial charge on any atom is 0.325 e. The van der Waals surface area contributed by atoms with Gasteiger partial charge in [0.1, 0.15) is 12.1 Å². The first-order valence-electron chi connectivity index (χ1n) is 9.02. The second-order valence-electron chi connectivity index (χ2n) is 6.94. The van der Waals surface area contributed by atoms with Crippen LogP contribution in [0.3, 0.4) is 0 Å². The molecule has 1 aromatic carbocycles. The molecule has 0 aromatic heterocycles. The van der Waals surface area contributed by atoms with Gasteiger partial charge in [0.15, 0.2) is 11.5 Å². The maximum absolute atomic E-state index is 13.0. The van der Waals surface area contributed by atoms with Crippen LogP contribution in [-0.2, 0) is 15.1 Å². The van der Waals surface area contributed by atoms with E-state index < -0.39 is 36.0 Å². The number of hydrogen-bond donors (Lipinski definition) is 2. The lowest BCUT2D eigenvalue weighted by atomic mass is 9.91. The number of amides is 6. The third-order valence-corrected chi connectivity index (χ3v) is 5.05. The average molecular weight is 388 g/mol. The molecular weight excluding hydrogens is 368 g/mol. The molecule has 3 aliphatic rings. The van der Waals surface area contributed by atoms with E-state index in [-0.39, 0.29) is 6.54 Å². The molecule has 148 valence electrons. The number of urea groups is 2. The Balaban J connectivity index is 1.56. The summed E-state index contributed by atoms with van der Waals surface area (Å²) in [5, 5.41) is 5.16. The number of nitrogens with zero attached hydrogens (tertiary/aromatic N) is 2. The van der Waals surface area contributed by atoms with Gasteiger partial charge >= 0.3 is 12.1 Å². The van der Waals surface area contributed by atoms with Gasteiger partial charge in [-0.2, -0.15) is 0 Å². The van der Waals surface area contributed by atoms with Crippen LogP contribution in [0, 0.1) is 0 Å². The van der Waals surface area contributed by atoms with Gasteiger partial charge in [-0.25, -0.2) is 9.59 Å². The zero-order chi connectivity index (χ0) is 19.9. The first-order valence-corrected chi connectivity index (χ1v) is 9.02. The fourth-order valence-electron chi connectivity index (χ4n) is 3.44. The molecule has 2 saturated heterocycles. The Bertz CT molecular complexity index is 872. The summed E-state index contributed by atoms with van der Waals surface area (Å²) in [7, 11) is 0. The minimum absolute atomic E-state index is 0.209. The van der Waals surface area contributed by atoms with E-state index in [0.717, 1.165) is 16.2 Å². The molecule has 3 heterocycles. The second-order valence-corrected chi connectivity index (χ2v) is 6.94. The molecule has 2 fully saturated rings. The van der Waals surface area contributed by atoms with Crippen LogP contribution in [0.2, 0.25) is 0 Å². The molecule has 0 bridgehead atoms. The van der Waals surface area contributed by atoms with Gasteiger partial charge in [-0.15, -0.1) is 0 Å². The third-order valence-electron chi connectivity index (χ3n) is 5.05. The lowest BCUT2D eigenvalue weighted by molar-refractivity contribution is -0.137. The lowest BCUT2D eigenvalue weighted by Gasteiger charge is -2.23. The zero-order valence-electron chi connectivity index (χ0n) is 15.3. The van der Waals surface area contributed by atoms with Crippen molar-refractivity contribution in [2.24, 2.45) is 0 Å². The highest BCUT2D eigenvalue weighted by Gasteiger charge is 2.50. The van der Waals surface area contributed by atoms with Crippen LogP contribution < -0.4 is 20.1 Å². The van der Waals surface area contributed by atoms with Crippen molar-refractivity contribution in [3.05, 3.63) is 23.8 Å². The minimum atomic E-state index is -1.35. The number of imide groups is 2. The van der Waals surface area contributed by atoms with E-state index in [1.54, 1.807) is 25.1 Å². The Kier molecular flexibility index (Phi) is 4.33. The second kappa shape index (κ2) is 6.70. The molecule has 4 rings (SSSR count). The Morgan fingerprint density at radius 3 is 2.61 bits per heavy atom. The van der Waals surface area contributed by atoms with Gasteiger partial charge in [-0.1, -0.05) is 6.07 Å². The minimum Gasteiger partial charge on any atom is -0.490 e. The quantitative estimate of drug-likeness (QED) is 0.713. The number of nitrogens with one attached hydrogen (secondary N) is 2. The Labute approximate surface area is 160 Å². The van der Waals surface area contributed by atoms with Crippen molar-refractivity contribution in [1.29, 1.82) is 0 Å². The standard InChI is InChI=1S/C18H20N4O6/c1-18(11-3-4-12-13(9-11)28-8-2-7-27-12)15(24)22(17(26)20-18)10-14(23)21-6-5-19-16(21)25/h3-4,9H,2,5-8,10H2,1H3,(H,19,25)(H,20,26)/t18-/m0/s1. The summed E-state index contributed by atoms with van der Waals surface area (Å²) in [5.74, 6) is -0.100. The van der Waals surface area contributed by atoms with E-state index in [4.69, 9.17) is 9.47 Å². The van der Waals surface area contributed by atoms with Gasteiger partial charge in [0.05, 0.1) is 13.2 Å². The monoisotopic (exact) mass is 388 g/mol. The topological polar surface area (TPSA) is 117 Å². The zero-order valence-corrected chi connectivity index (χ0v) is 15.3. The van der Waals surface area contributed by atoms with Gasteiger partial charge in [-0.05, 0) is 24.6 Å². The fourth-order valence-corrected chi connectivity index (χ4v) is 3.44. The van der Waals surface area contributed by atoms with Crippen molar-refractivity contribution in [2.45, 2.75) is 18.9 Å². The van der Waals surface area contributed by atoms with Crippen molar-refractivity contribution in [2.75, 3.05) is 32.8 Å². The van der Waals surface area contributed by atoms with Crippen LogP contribution in [-0.4, -0.2) is 66.5 Å². The van der Waals surface area contributed by atoms with Crippen LogP contribution in [0.1, 0.15) is 18.9 Å². The van der Waals surface area contributed by atoms with Gasteiger partial charge in [0, 0.05) is 19.5 Å². The third kappa shape index (κ3) is 2.90. The van der Waals surface area contributed by atoms with E-state index >= 15 is 0 Å². The first kappa shape index (κ1) is 18.1. The molecule has 0 saturated carbocycles. The van der Waals surface area contributed by atoms with E-state index in [9.17, 15) is 19.2 Å². The van der Waals surface area contributed by atoms with Crippen LogP contribution >= 0.6 is 0 Å². The van der Waals surface area contributed by atoms with Crippen LogP contribution in [0.15, 0.2) is 18.2 Å². The number of carbonyl (C=O) groups excluding carboxylic acids is 4. The molecule has 10 heteroatoms. The number of benzene rings is 1. The number of rotatable bonds is 3. The summed E-state index contributed by atoms with van der Waals surface area (Å²) in [6, 6.07) is 3.83. The van der Waals surface area contributed by atoms with Gasteiger partial charge in [-0.3, -0.25) is 19.4 Å². The van der Waals surface area contributed by atoms with Crippen molar-refractivity contribution >= 4 is 23.9 Å². The van der Waals surface area contributed by atoms with Crippen molar-refractivity contribution in [3.63, 3.8) is 0 Å². The van der Waals surface area contributed by atoms with Crippen LogP contribution in [0.25, 0.3) is 0 Å². The lowest BCUT2D eigenvalue weighted by Crippen LogP contribution is -2.45. The molecule has 10 nitrogen and oxygen atoms in total. The number of fused-ring (bicyclic) bond motifs is 1. The van der Waals surface area contributed by atoms with Crippen LogP contribution in [0.4, 0.5) is 9.59 Å². The highest BCUT2D eigenvalue weighted by molar-refractivity contribution is 6.10. The SMILES string of the molecule is C[C@@]1(c2ccc3c(c2)OCCCO3)NC(=O)N(CC(=O)N2CCNC2=O)C1=O. The average Bonchev–Trinajstić information content (AvgIpc) is 3.08. The largest absolute Gasteiger partial charge is 0.490 e. The Morgan fingerprint density at radius 1 is 1.14 bits per heavy atom. The smallest absolute Gasteiger partial charge is 0.325 e. The highest BCUT2D eigenvalue weighted by Crippen LogP contribution is 2.36. The Morgan fingerprint density at radius 2 is 1.89 bits per heavy atom. The molecule has 1 atom stereocenters. The molecule has 0 radical (unpaired) electrons. The van der Waals surface area contributed by atoms with Crippen molar-refractivity contribution < 1.29 is 28.7 Å². The van der Waals surface area contributed by atoms with Gasteiger partial charge in [0.25, 0.3) is 11.8 Å². The summed E-state index contributed by atoms with van der Waals surface area (Å²) in [4.78, 5) is 51.2. The van der Waals surface area contributed by atoms with E-state index in [2.05, 4.69) is 10.6 Å². The van der Waals surface area contributed by atoms with Gasteiger partial charge in [0.2, 0.25) is 0 Å². The molecular formula is C18H20N4O6. The predicted molar refractivity (Wildman–Crippen MR) is 94.8 cm³/mol. The molecule has 0 aliphatic carbocycles. The summed E-state index contributed by atoms with van der Waals surface area (Å²) in [6.07, 6.45) is 0.747. The first-order chi connectivity index (χ1) is 13.4. The van der Waals surface area contributed by atoms with Crippen molar-refractivity contribution in [1.82, 2.24) is 20.4 Å². The highest BCUT2D eigenvalue weighted by atomic mass is 16.5. The van der Waals surface area contributed by atoms with Crippen molar-refractivity contribution in [3.8, 4) is 11.5 Å². The van der Waals surface area contributed by atoms with E-state index in [1.807, 2.05) is 0 Å². The molecule has 3 aliphatic heterocycles. The van der Waals surface area contributed by atoms with E-state index in [0.29, 0.717) is 36.8 Å². The number of hydrogen-bond acceptors (Lipinski definition) is 6. The maximum atomic E-state index is 13.0. The van der Waals surface area contributed by atoms with Gasteiger partial charge < -0.3 is 20.1 Å². The fraction of sp³-hybridized carbons (Fsp3) is 0.444. The molecule has 0 spiro atoms. The summed E-state index contributed by atoms with van der Waals surface area (Å²) < 4.78 is 11.3. The molecule has 6 amide bonds. The summed E-state index contributed by atoms with van der Waals surface area (Å²) >= 11 is 0. The number of carbonyl (C=O) groups is 4. The molecule has 1 aromatic rings. The Hall–Kier alpha value is -3.30. The summed E-state index contributed by atoms with van der Waals surface area (Å²) in [5.41, 5.74) is -0.834. The molecule has 28 heavy (non-hydrogen) atoms. The summed E-state index contributed by atoms with van der Waals surface area (Å²) in [6.45, 7) is 2.66. The molecule has 2 N–H and O–H groups in total.